The van der Waals surface area contributed by atoms with Crippen LogP contribution in [0.3, 0.4) is 0 Å². The monoisotopic (exact) mass is 274 g/mol. The van der Waals surface area contributed by atoms with Crippen molar-refractivity contribution in [2.75, 3.05) is 0 Å². The summed E-state index contributed by atoms with van der Waals surface area (Å²) in [6.45, 7) is 3.16. The molecule has 0 aliphatic rings. The van der Waals surface area contributed by atoms with Gasteiger partial charge in [-0.2, -0.15) is 0 Å². The molecule has 1 N–H and O–H groups in total. The maximum Gasteiger partial charge on any atom is 0.309 e. The topological polar surface area (TPSA) is 37.3 Å². The summed E-state index contributed by atoms with van der Waals surface area (Å²) in [7, 11) is 0. The largest absolute Gasteiger partial charge is 0.481 e. The number of hydrogen-bond acceptors (Lipinski definition) is 1. The number of benzene rings is 1. The maximum atomic E-state index is 13.6. The standard InChI is InChI=1S/C11H12BrFO2/c1-11(2,10(14)15)6-7-4-3-5-8(12)9(7)13/h3-5H,6H2,1-2H3,(H,14,15). The SMILES string of the molecule is CC(C)(Cc1cccc(Br)c1F)C(=O)O. The van der Waals surface area contributed by atoms with Gasteiger partial charge in [0.15, 0.2) is 0 Å². The molecule has 0 aliphatic heterocycles. The molecule has 1 aromatic carbocycles. The first-order valence-electron chi connectivity index (χ1n) is 4.51. The number of halogens is 2. The number of aliphatic carboxylic acids is 1. The Morgan fingerprint density at radius 1 is 1.53 bits per heavy atom. The molecule has 1 rings (SSSR count). The van der Waals surface area contributed by atoms with Crippen LogP contribution in [0.2, 0.25) is 0 Å². The van der Waals surface area contributed by atoms with Crippen LogP contribution >= 0.6 is 15.9 Å². The van der Waals surface area contributed by atoms with Crippen molar-refractivity contribution in [3.05, 3.63) is 34.1 Å². The first-order chi connectivity index (χ1) is 6.84. The van der Waals surface area contributed by atoms with Gasteiger partial charge in [0.2, 0.25) is 0 Å². The van der Waals surface area contributed by atoms with Crippen LogP contribution in [0.5, 0.6) is 0 Å². The highest BCUT2D eigenvalue weighted by Gasteiger charge is 2.28. The third-order valence-corrected chi connectivity index (χ3v) is 2.86. The zero-order valence-corrected chi connectivity index (χ0v) is 10.1. The molecule has 0 heterocycles. The van der Waals surface area contributed by atoms with Gasteiger partial charge >= 0.3 is 5.97 Å². The summed E-state index contributed by atoms with van der Waals surface area (Å²) in [5.41, 5.74) is -0.543. The van der Waals surface area contributed by atoms with E-state index >= 15 is 0 Å². The zero-order valence-electron chi connectivity index (χ0n) is 8.55. The lowest BCUT2D eigenvalue weighted by molar-refractivity contribution is -0.146. The molecule has 0 spiro atoms. The smallest absolute Gasteiger partial charge is 0.309 e. The van der Waals surface area contributed by atoms with E-state index in [4.69, 9.17) is 5.11 Å². The number of carbonyl (C=O) groups is 1. The van der Waals surface area contributed by atoms with Crippen molar-refractivity contribution in [1.82, 2.24) is 0 Å². The molecular formula is C11H12BrFO2. The lowest BCUT2D eigenvalue weighted by atomic mass is 9.86. The van der Waals surface area contributed by atoms with Crippen LogP contribution in [-0.4, -0.2) is 11.1 Å². The van der Waals surface area contributed by atoms with Gasteiger partial charge in [0.1, 0.15) is 5.82 Å². The van der Waals surface area contributed by atoms with E-state index in [-0.39, 0.29) is 12.2 Å². The van der Waals surface area contributed by atoms with Crippen molar-refractivity contribution in [2.24, 2.45) is 5.41 Å². The Labute approximate surface area is 96.2 Å². The normalized spacial score (nSPS) is 11.5. The van der Waals surface area contributed by atoms with Gasteiger partial charge in [-0.3, -0.25) is 4.79 Å². The Kier molecular flexibility index (Phi) is 3.50. The van der Waals surface area contributed by atoms with Crippen LogP contribution in [0.1, 0.15) is 19.4 Å². The van der Waals surface area contributed by atoms with Gasteiger partial charge in [0.05, 0.1) is 9.89 Å². The minimum Gasteiger partial charge on any atom is -0.481 e. The van der Waals surface area contributed by atoms with Crippen molar-refractivity contribution < 1.29 is 14.3 Å². The molecule has 0 radical (unpaired) electrons. The van der Waals surface area contributed by atoms with E-state index in [1.165, 1.54) is 0 Å². The zero-order chi connectivity index (χ0) is 11.6. The molecule has 0 aliphatic carbocycles. The molecule has 0 bridgehead atoms. The third kappa shape index (κ3) is 2.78. The highest BCUT2D eigenvalue weighted by Crippen LogP contribution is 2.26. The molecule has 0 saturated heterocycles. The molecular weight excluding hydrogens is 263 g/mol. The van der Waals surface area contributed by atoms with Gasteiger partial charge in [-0.15, -0.1) is 0 Å². The first kappa shape index (κ1) is 12.2. The van der Waals surface area contributed by atoms with Crippen molar-refractivity contribution in [3.8, 4) is 0 Å². The molecule has 0 fully saturated rings. The molecule has 0 atom stereocenters. The maximum absolute atomic E-state index is 13.6. The van der Waals surface area contributed by atoms with E-state index < -0.39 is 11.4 Å². The molecule has 15 heavy (non-hydrogen) atoms. The van der Waals surface area contributed by atoms with E-state index in [9.17, 15) is 9.18 Å². The second-order valence-electron chi connectivity index (χ2n) is 4.08. The number of carboxylic acid groups (broad SMARTS) is 1. The molecule has 0 aromatic heterocycles. The van der Waals surface area contributed by atoms with Crippen LogP contribution in [0.25, 0.3) is 0 Å². The summed E-state index contributed by atoms with van der Waals surface area (Å²) in [5.74, 6) is -1.31. The van der Waals surface area contributed by atoms with Crippen LogP contribution in [0, 0.1) is 11.2 Å². The first-order valence-corrected chi connectivity index (χ1v) is 5.30. The van der Waals surface area contributed by atoms with Crippen molar-refractivity contribution in [2.45, 2.75) is 20.3 Å². The van der Waals surface area contributed by atoms with Gasteiger partial charge in [0.25, 0.3) is 0 Å². The molecule has 0 unspecified atom stereocenters. The molecule has 0 amide bonds. The number of hydrogen-bond donors (Lipinski definition) is 1. The summed E-state index contributed by atoms with van der Waals surface area (Å²) in [5, 5.41) is 8.93. The van der Waals surface area contributed by atoms with Gasteiger partial charge in [-0.1, -0.05) is 12.1 Å². The quantitative estimate of drug-likeness (QED) is 0.919. The molecule has 2 nitrogen and oxygen atoms in total. The predicted octanol–water partition coefficient (Wildman–Crippen LogP) is 3.24. The van der Waals surface area contributed by atoms with Gasteiger partial charge in [-0.25, -0.2) is 4.39 Å². The fourth-order valence-electron chi connectivity index (χ4n) is 1.24. The summed E-state index contributed by atoms with van der Waals surface area (Å²) in [6, 6.07) is 4.89. The minimum atomic E-state index is -0.957. The van der Waals surface area contributed by atoms with E-state index in [0.29, 0.717) is 10.0 Å². The van der Waals surface area contributed by atoms with Crippen molar-refractivity contribution >= 4 is 21.9 Å². The Morgan fingerprint density at radius 3 is 2.67 bits per heavy atom. The van der Waals surface area contributed by atoms with E-state index in [0.717, 1.165) is 0 Å². The van der Waals surface area contributed by atoms with Gasteiger partial charge in [-0.05, 0) is 47.8 Å². The van der Waals surface area contributed by atoms with Crippen molar-refractivity contribution in [1.29, 1.82) is 0 Å². The minimum absolute atomic E-state index is 0.174. The van der Waals surface area contributed by atoms with E-state index in [2.05, 4.69) is 15.9 Å². The lowest BCUT2D eigenvalue weighted by Crippen LogP contribution is -2.26. The third-order valence-electron chi connectivity index (χ3n) is 2.24. The lowest BCUT2D eigenvalue weighted by Gasteiger charge is -2.19. The van der Waals surface area contributed by atoms with Gasteiger partial charge < -0.3 is 5.11 Å². The second-order valence-corrected chi connectivity index (χ2v) is 4.93. The summed E-state index contributed by atoms with van der Waals surface area (Å²) < 4.78 is 13.9. The molecule has 82 valence electrons. The Hall–Kier alpha value is -0.900. The highest BCUT2D eigenvalue weighted by molar-refractivity contribution is 9.10. The molecule has 0 saturated carbocycles. The Bertz CT molecular complexity index is 388. The Balaban J connectivity index is 3.00. The second kappa shape index (κ2) is 4.31. The van der Waals surface area contributed by atoms with Crippen LogP contribution in [0.4, 0.5) is 4.39 Å². The average Bonchev–Trinajstić information content (AvgIpc) is 2.12. The number of carboxylic acids is 1. The predicted molar refractivity (Wildman–Crippen MR) is 59.2 cm³/mol. The van der Waals surface area contributed by atoms with Crippen molar-refractivity contribution in [3.63, 3.8) is 0 Å². The van der Waals surface area contributed by atoms with Crippen LogP contribution < -0.4 is 0 Å². The summed E-state index contributed by atoms with van der Waals surface area (Å²) in [4.78, 5) is 10.9. The summed E-state index contributed by atoms with van der Waals surface area (Å²) in [6.07, 6.45) is 0.174. The molecule has 1 aromatic rings. The van der Waals surface area contributed by atoms with Crippen LogP contribution in [-0.2, 0) is 11.2 Å². The highest BCUT2D eigenvalue weighted by atomic mass is 79.9. The fourth-order valence-corrected chi connectivity index (χ4v) is 1.64. The van der Waals surface area contributed by atoms with Crippen LogP contribution in [0.15, 0.2) is 22.7 Å². The van der Waals surface area contributed by atoms with E-state index in [1.807, 2.05) is 0 Å². The number of rotatable bonds is 3. The molecule has 4 heteroatoms. The van der Waals surface area contributed by atoms with Gasteiger partial charge in [0, 0.05) is 0 Å². The summed E-state index contributed by atoms with van der Waals surface area (Å²) >= 11 is 3.07. The Morgan fingerprint density at radius 2 is 2.13 bits per heavy atom. The van der Waals surface area contributed by atoms with E-state index in [1.54, 1.807) is 32.0 Å². The fraction of sp³-hybridized carbons (Fsp3) is 0.364. The average molecular weight is 275 g/mol.